The van der Waals surface area contributed by atoms with Crippen molar-refractivity contribution < 1.29 is 14.3 Å². The first-order valence-electron chi connectivity index (χ1n) is 12.6. The van der Waals surface area contributed by atoms with Crippen LogP contribution < -0.4 is 9.47 Å². The van der Waals surface area contributed by atoms with E-state index in [2.05, 4.69) is 55.0 Å². The van der Waals surface area contributed by atoms with E-state index in [9.17, 15) is 4.79 Å². The highest BCUT2D eigenvalue weighted by molar-refractivity contribution is 5.99. The van der Waals surface area contributed by atoms with Gasteiger partial charge in [0.05, 0.1) is 0 Å². The summed E-state index contributed by atoms with van der Waals surface area (Å²) in [6.45, 7) is 6.59. The van der Waals surface area contributed by atoms with Gasteiger partial charge in [0.25, 0.3) is 0 Å². The number of imidazole rings is 1. The fourth-order valence-corrected chi connectivity index (χ4v) is 5.22. The Morgan fingerprint density at radius 3 is 2.50 bits per heavy atom. The predicted octanol–water partition coefficient (Wildman–Crippen LogP) is 6.80. The van der Waals surface area contributed by atoms with Crippen LogP contribution in [0.15, 0.2) is 67.0 Å². The summed E-state index contributed by atoms with van der Waals surface area (Å²) < 4.78 is 13.2. The average Bonchev–Trinajstić information content (AvgIpc) is 3.38. The van der Waals surface area contributed by atoms with E-state index < -0.39 is 0 Å². The van der Waals surface area contributed by atoms with Gasteiger partial charge in [-0.15, -0.1) is 0 Å². The molecule has 1 N–H and O–H groups in total. The summed E-state index contributed by atoms with van der Waals surface area (Å²) >= 11 is 0. The van der Waals surface area contributed by atoms with Crippen molar-refractivity contribution in [1.82, 2.24) is 9.97 Å². The van der Waals surface area contributed by atoms with Crippen LogP contribution in [0.4, 0.5) is 0 Å². The van der Waals surface area contributed by atoms with Crippen molar-refractivity contribution in [2.24, 2.45) is 0 Å². The maximum absolute atomic E-state index is 12.7. The van der Waals surface area contributed by atoms with Crippen LogP contribution in [0.25, 0.3) is 0 Å². The molecule has 0 saturated carbocycles. The molecule has 0 bridgehead atoms. The number of fused-ring (bicyclic) bond motifs is 1. The summed E-state index contributed by atoms with van der Waals surface area (Å²) in [6, 6.07) is 18.3. The summed E-state index contributed by atoms with van der Waals surface area (Å²) in [4.78, 5) is 20.4. The number of nitrogens with zero attached hydrogens (tertiary/aromatic N) is 1. The third-order valence-electron chi connectivity index (χ3n) is 6.86. The number of H-pyrrole nitrogens is 1. The second kappa shape index (κ2) is 10.4. The average molecular weight is 481 g/mol. The van der Waals surface area contributed by atoms with Crippen molar-refractivity contribution in [3.63, 3.8) is 0 Å². The minimum absolute atomic E-state index is 0.196. The molecule has 5 rings (SSSR count). The predicted molar refractivity (Wildman–Crippen MR) is 141 cm³/mol. The van der Waals surface area contributed by atoms with Crippen molar-refractivity contribution >= 4 is 5.78 Å². The normalized spacial score (nSPS) is 13.8. The lowest BCUT2D eigenvalue weighted by Crippen LogP contribution is -2.18. The van der Waals surface area contributed by atoms with Gasteiger partial charge in [0.15, 0.2) is 5.78 Å². The molecule has 0 aliphatic heterocycles. The Morgan fingerprint density at radius 1 is 1.00 bits per heavy atom. The molecule has 5 nitrogen and oxygen atoms in total. The molecule has 0 spiro atoms. The summed E-state index contributed by atoms with van der Waals surface area (Å²) in [5.41, 5.74) is 7.31. The molecule has 1 heterocycles. The maximum Gasteiger partial charge on any atom is 0.163 e. The number of aromatic amines is 1. The molecule has 0 saturated heterocycles. The molecule has 5 heteroatoms. The fourth-order valence-electron chi connectivity index (χ4n) is 5.22. The highest BCUT2D eigenvalue weighted by Gasteiger charge is 2.25. The molecule has 184 valence electrons. The first-order valence-corrected chi connectivity index (χ1v) is 12.6. The minimum Gasteiger partial charge on any atom is -0.488 e. The Morgan fingerprint density at radius 2 is 1.78 bits per heavy atom. The van der Waals surface area contributed by atoms with Gasteiger partial charge in [0, 0.05) is 36.4 Å². The Balaban J connectivity index is 1.52. The van der Waals surface area contributed by atoms with Crippen molar-refractivity contribution in [1.29, 1.82) is 0 Å². The Labute approximate surface area is 212 Å². The van der Waals surface area contributed by atoms with Crippen LogP contribution in [-0.4, -0.2) is 15.8 Å². The molecular weight excluding hydrogens is 448 g/mol. The van der Waals surface area contributed by atoms with E-state index >= 15 is 0 Å². The first kappa shape index (κ1) is 23.9. The Bertz CT molecular complexity index is 1340. The quantitative estimate of drug-likeness (QED) is 0.301. The van der Waals surface area contributed by atoms with Crippen LogP contribution in [-0.2, 0) is 19.4 Å². The second-order valence-corrected chi connectivity index (χ2v) is 9.62. The zero-order valence-electron chi connectivity index (χ0n) is 21.1. The van der Waals surface area contributed by atoms with E-state index in [0.717, 1.165) is 63.5 Å². The van der Waals surface area contributed by atoms with Crippen molar-refractivity contribution in [3.05, 3.63) is 112 Å². The largest absolute Gasteiger partial charge is 0.488 e. The number of nitrogens with one attached hydrogen (secondary N) is 1. The molecule has 1 unspecified atom stereocenters. The minimum atomic E-state index is -0.240. The molecule has 1 aliphatic carbocycles. The summed E-state index contributed by atoms with van der Waals surface area (Å²) in [6.07, 6.45) is 6.23. The third kappa shape index (κ3) is 5.06. The third-order valence-corrected chi connectivity index (χ3v) is 6.86. The molecule has 1 aromatic heterocycles. The molecule has 0 fully saturated rings. The van der Waals surface area contributed by atoms with Crippen LogP contribution >= 0.6 is 0 Å². The van der Waals surface area contributed by atoms with Gasteiger partial charge in [-0.1, -0.05) is 48.0 Å². The molecule has 0 radical (unpaired) electrons. The molecule has 36 heavy (non-hydrogen) atoms. The zero-order valence-corrected chi connectivity index (χ0v) is 21.1. The monoisotopic (exact) mass is 480 g/mol. The first-order chi connectivity index (χ1) is 17.5. The standard InChI is InChI=1S/C31H32N2O3/c1-20-16-21(2)31(22(3)17-20)35-19-26-24-10-7-11-27(34)25(24)12-13-28(26)36-29(18-30-32-14-15-33-30)23-8-5-4-6-9-23/h4-6,8-9,12-17,29H,7,10-11,18-19H2,1-3H3,(H,32,33). The number of ether oxygens (including phenoxy) is 2. The van der Waals surface area contributed by atoms with Crippen LogP contribution in [0.3, 0.4) is 0 Å². The number of Topliss-reactive ketones (excluding diaryl/α,β-unsaturated/α-hetero) is 1. The topological polar surface area (TPSA) is 64.2 Å². The zero-order chi connectivity index (χ0) is 25.1. The fraction of sp³-hybridized carbons (Fsp3) is 0.290. The molecular formula is C31H32N2O3. The number of aryl methyl sites for hydroxylation is 3. The highest BCUT2D eigenvalue weighted by Crippen LogP contribution is 2.36. The summed E-state index contributed by atoms with van der Waals surface area (Å²) in [7, 11) is 0. The van der Waals surface area contributed by atoms with Crippen molar-refractivity contribution in [2.75, 3.05) is 0 Å². The molecule has 4 aromatic rings. The van der Waals surface area contributed by atoms with Gasteiger partial charge in [-0.05, 0) is 68.0 Å². The molecule has 0 amide bonds. The van der Waals surface area contributed by atoms with Crippen LogP contribution in [0.5, 0.6) is 11.5 Å². The molecule has 3 aromatic carbocycles. The van der Waals surface area contributed by atoms with Gasteiger partial charge < -0.3 is 14.5 Å². The van der Waals surface area contributed by atoms with E-state index in [4.69, 9.17) is 9.47 Å². The number of carbonyl (C=O) groups is 1. The van der Waals surface area contributed by atoms with Gasteiger partial charge in [-0.2, -0.15) is 0 Å². The number of rotatable bonds is 8. The van der Waals surface area contributed by atoms with E-state index in [1.54, 1.807) is 6.20 Å². The van der Waals surface area contributed by atoms with Crippen molar-refractivity contribution in [2.45, 2.75) is 59.2 Å². The lowest BCUT2D eigenvalue weighted by Gasteiger charge is -2.25. The van der Waals surface area contributed by atoms with E-state index in [-0.39, 0.29) is 11.9 Å². The number of hydrogen-bond acceptors (Lipinski definition) is 4. The summed E-state index contributed by atoms with van der Waals surface area (Å²) in [5, 5.41) is 0. The van der Waals surface area contributed by atoms with Crippen molar-refractivity contribution in [3.8, 4) is 11.5 Å². The second-order valence-electron chi connectivity index (χ2n) is 9.62. The van der Waals surface area contributed by atoms with Gasteiger partial charge >= 0.3 is 0 Å². The number of benzene rings is 3. The van der Waals surface area contributed by atoms with Gasteiger partial charge in [-0.3, -0.25) is 4.79 Å². The SMILES string of the molecule is Cc1cc(C)c(OCc2c(OC(Cc3ncc[nH]3)c3ccccc3)ccc3c2CCCC3=O)c(C)c1. The highest BCUT2D eigenvalue weighted by atomic mass is 16.5. The Kier molecular flexibility index (Phi) is 6.90. The van der Waals surface area contributed by atoms with Gasteiger partial charge in [0.1, 0.15) is 30.0 Å². The molecule has 1 aliphatic rings. The molecule has 1 atom stereocenters. The van der Waals surface area contributed by atoms with Crippen LogP contribution in [0, 0.1) is 20.8 Å². The number of ketones is 1. The summed E-state index contributed by atoms with van der Waals surface area (Å²) in [5.74, 6) is 2.70. The van der Waals surface area contributed by atoms with Gasteiger partial charge in [-0.25, -0.2) is 4.98 Å². The van der Waals surface area contributed by atoms with Crippen LogP contribution in [0.1, 0.15) is 68.5 Å². The number of carbonyl (C=O) groups excluding carboxylic acids is 1. The lowest BCUT2D eigenvalue weighted by atomic mass is 9.87. The number of aromatic nitrogens is 2. The van der Waals surface area contributed by atoms with E-state index in [1.807, 2.05) is 36.5 Å². The smallest absolute Gasteiger partial charge is 0.163 e. The Hall–Kier alpha value is -3.86. The van der Waals surface area contributed by atoms with Crippen LogP contribution in [0.2, 0.25) is 0 Å². The number of hydrogen-bond donors (Lipinski definition) is 1. The maximum atomic E-state index is 12.7. The van der Waals surface area contributed by atoms with Gasteiger partial charge in [0.2, 0.25) is 0 Å². The van der Waals surface area contributed by atoms with E-state index in [0.29, 0.717) is 19.4 Å². The lowest BCUT2D eigenvalue weighted by molar-refractivity contribution is 0.0971. The van der Waals surface area contributed by atoms with E-state index in [1.165, 1.54) is 5.56 Å².